The van der Waals surface area contributed by atoms with E-state index in [2.05, 4.69) is 25.8 Å². The minimum atomic E-state index is 0. The zero-order valence-electron chi connectivity index (χ0n) is 8.40. The van der Waals surface area contributed by atoms with E-state index in [4.69, 9.17) is 5.73 Å². The van der Waals surface area contributed by atoms with Gasteiger partial charge in [0.2, 0.25) is 0 Å². The number of likely N-dealkylation sites (tertiary alicyclic amines) is 1. The van der Waals surface area contributed by atoms with Gasteiger partial charge in [-0.25, -0.2) is 0 Å². The first kappa shape index (κ1) is 12.9. The summed E-state index contributed by atoms with van der Waals surface area (Å²) in [7, 11) is 0. The van der Waals surface area contributed by atoms with Crippen molar-refractivity contribution in [3.63, 3.8) is 0 Å². The quantitative estimate of drug-likeness (QED) is 0.904. The molecule has 0 aliphatic carbocycles. The standard InChI is InChI=1S/C10H14BrN3.ClH/c11-8-1-2-10(13-5-8)7-14-4-3-9(12)6-14;/h1-2,5,9H,3-4,6-7,12H2;1H/t9-;/m0./s1. The number of nitrogens with zero attached hydrogens (tertiary/aromatic N) is 2. The lowest BCUT2D eigenvalue weighted by Crippen LogP contribution is -2.26. The molecule has 1 aromatic rings. The summed E-state index contributed by atoms with van der Waals surface area (Å²) >= 11 is 3.37. The van der Waals surface area contributed by atoms with Crippen LogP contribution in [0.1, 0.15) is 12.1 Å². The number of halogens is 2. The highest BCUT2D eigenvalue weighted by molar-refractivity contribution is 9.10. The highest BCUT2D eigenvalue weighted by Gasteiger charge is 2.18. The summed E-state index contributed by atoms with van der Waals surface area (Å²) in [5.41, 5.74) is 6.95. The van der Waals surface area contributed by atoms with Crippen molar-refractivity contribution in [2.75, 3.05) is 13.1 Å². The van der Waals surface area contributed by atoms with Gasteiger partial charge >= 0.3 is 0 Å². The van der Waals surface area contributed by atoms with Gasteiger partial charge in [0.1, 0.15) is 0 Å². The van der Waals surface area contributed by atoms with E-state index >= 15 is 0 Å². The first-order chi connectivity index (χ1) is 6.74. The molecule has 0 unspecified atom stereocenters. The number of aromatic nitrogens is 1. The predicted octanol–water partition coefficient (Wildman–Crippen LogP) is 1.80. The van der Waals surface area contributed by atoms with Gasteiger partial charge in [-0.15, -0.1) is 12.4 Å². The van der Waals surface area contributed by atoms with E-state index in [-0.39, 0.29) is 12.4 Å². The molecule has 0 aromatic carbocycles. The Kier molecular flexibility index (Phi) is 4.99. The first-order valence-corrected chi connectivity index (χ1v) is 5.62. The lowest BCUT2D eigenvalue weighted by molar-refractivity contribution is 0.323. The van der Waals surface area contributed by atoms with E-state index in [9.17, 15) is 0 Å². The molecule has 0 spiro atoms. The van der Waals surface area contributed by atoms with Gasteiger partial charge in [0.15, 0.2) is 0 Å². The SMILES string of the molecule is Cl.N[C@H]1CCN(Cc2ccc(Br)cn2)C1. The van der Waals surface area contributed by atoms with Crippen LogP contribution in [0.15, 0.2) is 22.8 Å². The van der Waals surface area contributed by atoms with Crippen LogP contribution >= 0.6 is 28.3 Å². The third-order valence-corrected chi connectivity index (χ3v) is 2.95. The summed E-state index contributed by atoms with van der Waals surface area (Å²) in [6, 6.07) is 4.43. The third-order valence-electron chi connectivity index (χ3n) is 2.48. The van der Waals surface area contributed by atoms with Crippen LogP contribution in [0.25, 0.3) is 0 Å². The van der Waals surface area contributed by atoms with Gasteiger partial charge in [-0.2, -0.15) is 0 Å². The second-order valence-corrected chi connectivity index (χ2v) is 4.67. The molecule has 1 aliphatic rings. The third kappa shape index (κ3) is 3.72. The summed E-state index contributed by atoms with van der Waals surface area (Å²) in [6.07, 6.45) is 2.95. The maximum absolute atomic E-state index is 5.83. The molecule has 1 atom stereocenters. The highest BCUT2D eigenvalue weighted by Crippen LogP contribution is 2.12. The fourth-order valence-electron chi connectivity index (χ4n) is 1.74. The van der Waals surface area contributed by atoms with Gasteiger partial charge in [0.05, 0.1) is 5.69 Å². The van der Waals surface area contributed by atoms with Crippen LogP contribution in [0.4, 0.5) is 0 Å². The average Bonchev–Trinajstić information content (AvgIpc) is 2.56. The van der Waals surface area contributed by atoms with Crippen LogP contribution in [0.5, 0.6) is 0 Å². The minimum Gasteiger partial charge on any atom is -0.326 e. The number of pyridine rings is 1. The van der Waals surface area contributed by atoms with E-state index in [0.717, 1.165) is 36.2 Å². The van der Waals surface area contributed by atoms with Gasteiger partial charge in [-0.3, -0.25) is 9.88 Å². The molecule has 3 nitrogen and oxygen atoms in total. The summed E-state index contributed by atoms with van der Waals surface area (Å²) in [6.45, 7) is 3.01. The van der Waals surface area contributed by atoms with Crippen molar-refractivity contribution >= 4 is 28.3 Å². The van der Waals surface area contributed by atoms with Gasteiger partial charge in [0, 0.05) is 36.3 Å². The monoisotopic (exact) mass is 291 g/mol. The first-order valence-electron chi connectivity index (χ1n) is 4.82. The van der Waals surface area contributed by atoms with Crippen LogP contribution in [0.2, 0.25) is 0 Å². The zero-order valence-corrected chi connectivity index (χ0v) is 10.8. The molecule has 1 fully saturated rings. The molecule has 0 amide bonds. The zero-order chi connectivity index (χ0) is 9.97. The largest absolute Gasteiger partial charge is 0.326 e. The Morgan fingerprint density at radius 3 is 2.87 bits per heavy atom. The Hall–Kier alpha value is -0.160. The molecule has 0 saturated carbocycles. The fourth-order valence-corrected chi connectivity index (χ4v) is 1.97. The molecule has 1 aromatic heterocycles. The summed E-state index contributed by atoms with van der Waals surface area (Å²) < 4.78 is 1.03. The molecule has 1 saturated heterocycles. The van der Waals surface area contributed by atoms with Crippen molar-refractivity contribution in [1.82, 2.24) is 9.88 Å². The second kappa shape index (κ2) is 5.80. The van der Waals surface area contributed by atoms with E-state index < -0.39 is 0 Å². The lowest BCUT2D eigenvalue weighted by Gasteiger charge is -2.14. The minimum absolute atomic E-state index is 0. The molecule has 0 radical (unpaired) electrons. The lowest BCUT2D eigenvalue weighted by atomic mass is 10.3. The molecule has 2 N–H and O–H groups in total. The Labute approximate surface area is 105 Å². The molecule has 84 valence electrons. The van der Waals surface area contributed by atoms with Gasteiger partial charge in [-0.1, -0.05) is 0 Å². The Morgan fingerprint density at radius 2 is 2.33 bits per heavy atom. The topological polar surface area (TPSA) is 42.1 Å². The Balaban J connectivity index is 0.00000112. The molecule has 1 aliphatic heterocycles. The fraction of sp³-hybridized carbons (Fsp3) is 0.500. The summed E-state index contributed by atoms with van der Waals surface area (Å²) in [4.78, 5) is 6.69. The maximum atomic E-state index is 5.83. The van der Waals surface area contributed by atoms with Crippen LogP contribution < -0.4 is 5.73 Å². The van der Waals surface area contributed by atoms with E-state index in [1.54, 1.807) is 0 Å². The maximum Gasteiger partial charge on any atom is 0.0544 e. The molecule has 5 heteroatoms. The average molecular weight is 293 g/mol. The molecule has 15 heavy (non-hydrogen) atoms. The molecular formula is C10H15BrClN3. The molecule has 2 heterocycles. The number of hydrogen-bond acceptors (Lipinski definition) is 3. The summed E-state index contributed by atoms with van der Waals surface area (Å²) in [5.74, 6) is 0. The number of hydrogen-bond donors (Lipinski definition) is 1. The number of rotatable bonds is 2. The van der Waals surface area contributed by atoms with Crippen LogP contribution in [0.3, 0.4) is 0 Å². The van der Waals surface area contributed by atoms with Gasteiger partial charge < -0.3 is 5.73 Å². The van der Waals surface area contributed by atoms with Crippen molar-refractivity contribution in [2.45, 2.75) is 19.0 Å². The van der Waals surface area contributed by atoms with Crippen molar-refractivity contribution in [2.24, 2.45) is 5.73 Å². The van der Waals surface area contributed by atoms with E-state index in [1.165, 1.54) is 0 Å². The summed E-state index contributed by atoms with van der Waals surface area (Å²) in [5, 5.41) is 0. The van der Waals surface area contributed by atoms with Crippen LogP contribution in [0, 0.1) is 0 Å². The van der Waals surface area contributed by atoms with Gasteiger partial charge in [-0.05, 0) is 34.5 Å². The van der Waals surface area contributed by atoms with E-state index in [1.807, 2.05) is 18.3 Å². The Bertz CT molecular complexity index is 304. The van der Waals surface area contributed by atoms with Crippen molar-refractivity contribution in [3.8, 4) is 0 Å². The van der Waals surface area contributed by atoms with Crippen LogP contribution in [-0.4, -0.2) is 29.0 Å². The molecule has 2 rings (SSSR count). The second-order valence-electron chi connectivity index (χ2n) is 3.75. The number of nitrogens with two attached hydrogens (primary N) is 1. The molecule has 0 bridgehead atoms. The van der Waals surface area contributed by atoms with E-state index in [0.29, 0.717) is 6.04 Å². The highest BCUT2D eigenvalue weighted by atomic mass is 79.9. The van der Waals surface area contributed by atoms with Crippen molar-refractivity contribution < 1.29 is 0 Å². The molecular weight excluding hydrogens is 277 g/mol. The normalized spacial score (nSPS) is 21.3. The Morgan fingerprint density at radius 1 is 1.53 bits per heavy atom. The predicted molar refractivity (Wildman–Crippen MR) is 67.1 cm³/mol. The van der Waals surface area contributed by atoms with Crippen molar-refractivity contribution in [3.05, 3.63) is 28.5 Å². The van der Waals surface area contributed by atoms with Crippen molar-refractivity contribution in [1.29, 1.82) is 0 Å². The van der Waals surface area contributed by atoms with Gasteiger partial charge in [0.25, 0.3) is 0 Å². The van der Waals surface area contributed by atoms with Crippen LogP contribution in [-0.2, 0) is 6.54 Å². The smallest absolute Gasteiger partial charge is 0.0544 e.